The Morgan fingerprint density at radius 3 is 2.79 bits per heavy atom. The Kier molecular flexibility index (Phi) is 4.71. The zero-order valence-corrected chi connectivity index (χ0v) is 14.8. The van der Waals surface area contributed by atoms with Crippen molar-refractivity contribution in [2.75, 3.05) is 6.54 Å². The van der Waals surface area contributed by atoms with Crippen molar-refractivity contribution in [3.8, 4) is 5.69 Å². The second-order valence-corrected chi connectivity index (χ2v) is 6.17. The smallest absolute Gasteiger partial charge is 0.350 e. The van der Waals surface area contributed by atoms with Crippen LogP contribution in [-0.4, -0.2) is 36.4 Å². The van der Waals surface area contributed by atoms with Gasteiger partial charge in [0.1, 0.15) is 5.82 Å². The number of benzene rings is 1. The molecule has 1 aromatic carbocycles. The Morgan fingerprint density at radius 1 is 1.07 bits per heavy atom. The van der Waals surface area contributed by atoms with E-state index in [1.165, 1.54) is 25.9 Å². The van der Waals surface area contributed by atoms with Crippen LogP contribution in [0.5, 0.6) is 0 Å². The van der Waals surface area contributed by atoms with Crippen molar-refractivity contribution in [1.29, 1.82) is 0 Å². The lowest BCUT2D eigenvalue weighted by Gasteiger charge is -2.03. The molecule has 0 saturated heterocycles. The molecule has 142 valence electrons. The van der Waals surface area contributed by atoms with Crippen molar-refractivity contribution in [2.45, 2.75) is 13.0 Å². The molecular formula is C19H17FN6O2. The van der Waals surface area contributed by atoms with E-state index in [1.807, 2.05) is 6.07 Å². The van der Waals surface area contributed by atoms with Gasteiger partial charge in [-0.2, -0.15) is 5.10 Å². The lowest BCUT2D eigenvalue weighted by Crippen LogP contribution is -2.27. The Hall–Kier alpha value is -3.75. The Bertz CT molecular complexity index is 1190. The molecule has 0 spiro atoms. The topological polar surface area (TPSA) is 86.2 Å². The summed E-state index contributed by atoms with van der Waals surface area (Å²) in [4.78, 5) is 24.4. The molecule has 9 heteroatoms. The van der Waals surface area contributed by atoms with Crippen LogP contribution in [0.4, 0.5) is 4.39 Å². The maximum atomic E-state index is 13.3. The molecule has 0 unspecified atom stereocenters. The third-order valence-corrected chi connectivity index (χ3v) is 4.22. The van der Waals surface area contributed by atoms with E-state index in [-0.39, 0.29) is 23.1 Å². The van der Waals surface area contributed by atoms with Gasteiger partial charge in [0.2, 0.25) is 0 Å². The Labute approximate surface area is 158 Å². The van der Waals surface area contributed by atoms with Crippen molar-refractivity contribution < 1.29 is 9.18 Å². The minimum Gasteiger partial charge on any atom is -0.351 e. The van der Waals surface area contributed by atoms with Crippen LogP contribution in [0.15, 0.2) is 65.7 Å². The summed E-state index contributed by atoms with van der Waals surface area (Å²) in [6.07, 6.45) is 3.80. The highest BCUT2D eigenvalue weighted by atomic mass is 19.1. The normalized spacial score (nSPS) is 11.0. The monoisotopic (exact) mass is 380 g/mol. The number of halogens is 1. The minimum atomic E-state index is -0.374. The molecule has 0 bridgehead atoms. The number of aryl methyl sites for hydroxylation is 1. The van der Waals surface area contributed by atoms with Gasteiger partial charge in [-0.15, -0.1) is 5.10 Å². The molecule has 28 heavy (non-hydrogen) atoms. The number of fused-ring (bicyclic) bond motifs is 1. The molecule has 0 fully saturated rings. The van der Waals surface area contributed by atoms with Crippen molar-refractivity contribution in [2.24, 2.45) is 0 Å². The summed E-state index contributed by atoms with van der Waals surface area (Å²) in [6.45, 7) is 0.754. The first-order chi connectivity index (χ1) is 13.6. The van der Waals surface area contributed by atoms with Crippen LogP contribution in [0, 0.1) is 5.82 Å². The summed E-state index contributed by atoms with van der Waals surface area (Å²) < 4.78 is 17.6. The molecule has 3 heterocycles. The number of aromatic nitrogens is 5. The summed E-state index contributed by atoms with van der Waals surface area (Å²) >= 11 is 0. The maximum Gasteiger partial charge on any atom is 0.350 e. The van der Waals surface area contributed by atoms with Crippen LogP contribution in [-0.2, 0) is 6.54 Å². The molecule has 8 nitrogen and oxygen atoms in total. The molecule has 0 aliphatic carbocycles. The largest absolute Gasteiger partial charge is 0.351 e. The highest BCUT2D eigenvalue weighted by Gasteiger charge is 2.11. The fraction of sp³-hybridized carbons (Fsp3) is 0.158. The Balaban J connectivity index is 1.33. The van der Waals surface area contributed by atoms with Crippen molar-refractivity contribution in [3.63, 3.8) is 0 Å². The van der Waals surface area contributed by atoms with Gasteiger partial charge in [0.05, 0.1) is 5.69 Å². The number of amides is 1. The van der Waals surface area contributed by atoms with Crippen LogP contribution < -0.4 is 11.0 Å². The van der Waals surface area contributed by atoms with Gasteiger partial charge in [0.15, 0.2) is 11.3 Å². The van der Waals surface area contributed by atoms with Crippen molar-refractivity contribution in [1.82, 2.24) is 29.3 Å². The van der Waals surface area contributed by atoms with E-state index in [4.69, 9.17) is 0 Å². The molecule has 4 aromatic rings. The summed E-state index contributed by atoms with van der Waals surface area (Å²) in [5, 5.41) is 11.2. The number of nitrogens with zero attached hydrogens (tertiary/aromatic N) is 5. The van der Waals surface area contributed by atoms with E-state index >= 15 is 0 Å². The molecule has 0 saturated carbocycles. The third kappa shape index (κ3) is 3.54. The predicted molar refractivity (Wildman–Crippen MR) is 99.9 cm³/mol. The SMILES string of the molecule is O=C(NCCCn1nc2ccccn2c1=O)c1ccn(-c2cccc(F)c2)n1. The van der Waals surface area contributed by atoms with Gasteiger partial charge >= 0.3 is 5.69 Å². The van der Waals surface area contributed by atoms with Gasteiger partial charge in [-0.05, 0) is 42.8 Å². The number of nitrogens with one attached hydrogen (secondary N) is 1. The van der Waals surface area contributed by atoms with Crippen molar-refractivity contribution in [3.05, 3.63) is 82.9 Å². The van der Waals surface area contributed by atoms with E-state index in [9.17, 15) is 14.0 Å². The zero-order chi connectivity index (χ0) is 19.5. The number of hydrogen-bond donors (Lipinski definition) is 1. The average molecular weight is 380 g/mol. The lowest BCUT2D eigenvalue weighted by atomic mass is 10.3. The van der Waals surface area contributed by atoms with E-state index in [1.54, 1.807) is 42.7 Å². The van der Waals surface area contributed by atoms with Gasteiger partial charge in [-0.25, -0.2) is 18.5 Å². The lowest BCUT2D eigenvalue weighted by molar-refractivity contribution is 0.0947. The van der Waals surface area contributed by atoms with Gasteiger partial charge in [0.25, 0.3) is 5.91 Å². The van der Waals surface area contributed by atoms with Crippen LogP contribution in [0.1, 0.15) is 16.9 Å². The zero-order valence-electron chi connectivity index (χ0n) is 14.8. The highest BCUT2D eigenvalue weighted by Crippen LogP contribution is 2.09. The van der Waals surface area contributed by atoms with Gasteiger partial charge < -0.3 is 5.32 Å². The van der Waals surface area contributed by atoms with Crippen LogP contribution in [0.2, 0.25) is 0 Å². The molecule has 0 radical (unpaired) electrons. The second-order valence-electron chi connectivity index (χ2n) is 6.17. The third-order valence-electron chi connectivity index (χ3n) is 4.22. The quantitative estimate of drug-likeness (QED) is 0.515. The molecule has 1 N–H and O–H groups in total. The van der Waals surface area contributed by atoms with E-state index in [0.717, 1.165) is 0 Å². The first-order valence-corrected chi connectivity index (χ1v) is 8.76. The summed E-state index contributed by atoms with van der Waals surface area (Å²) in [5.74, 6) is -0.710. The summed E-state index contributed by atoms with van der Waals surface area (Å²) in [6, 6.07) is 12.9. The number of hydrogen-bond acceptors (Lipinski definition) is 4. The van der Waals surface area contributed by atoms with Crippen molar-refractivity contribution >= 4 is 11.6 Å². The van der Waals surface area contributed by atoms with Crippen LogP contribution in [0.25, 0.3) is 11.3 Å². The highest BCUT2D eigenvalue weighted by molar-refractivity contribution is 5.92. The predicted octanol–water partition coefficient (Wildman–Crippen LogP) is 1.64. The van der Waals surface area contributed by atoms with Gasteiger partial charge in [-0.3, -0.25) is 9.20 Å². The number of pyridine rings is 1. The van der Waals surface area contributed by atoms with Crippen LogP contribution in [0.3, 0.4) is 0 Å². The fourth-order valence-electron chi connectivity index (χ4n) is 2.84. The standard InChI is InChI=1S/C19H17FN6O2/c20-14-5-3-6-15(13-14)25-12-8-16(22-25)18(27)21-9-4-11-26-19(28)24-10-2-1-7-17(24)23-26/h1-3,5-8,10,12-13H,4,9,11H2,(H,21,27). The Morgan fingerprint density at radius 2 is 1.96 bits per heavy atom. The minimum absolute atomic E-state index is 0.212. The maximum absolute atomic E-state index is 13.3. The molecule has 4 rings (SSSR count). The number of rotatable bonds is 6. The van der Waals surface area contributed by atoms with E-state index in [2.05, 4.69) is 15.5 Å². The number of carbonyl (C=O) groups excluding carboxylic acids is 1. The van der Waals surface area contributed by atoms with E-state index in [0.29, 0.717) is 30.8 Å². The molecular weight excluding hydrogens is 363 g/mol. The average Bonchev–Trinajstić information content (AvgIpc) is 3.31. The van der Waals surface area contributed by atoms with Gasteiger partial charge in [0, 0.05) is 25.5 Å². The first kappa shape index (κ1) is 17.7. The van der Waals surface area contributed by atoms with Crippen LogP contribution >= 0.6 is 0 Å². The second kappa shape index (κ2) is 7.47. The molecule has 0 aliphatic heterocycles. The first-order valence-electron chi connectivity index (χ1n) is 8.76. The summed E-state index contributed by atoms with van der Waals surface area (Å²) in [5.41, 5.74) is 1.13. The number of carbonyl (C=O) groups is 1. The molecule has 3 aromatic heterocycles. The van der Waals surface area contributed by atoms with E-state index < -0.39 is 0 Å². The molecule has 0 aliphatic rings. The summed E-state index contributed by atoms with van der Waals surface area (Å²) in [7, 11) is 0. The van der Waals surface area contributed by atoms with Gasteiger partial charge in [-0.1, -0.05) is 12.1 Å². The fourth-order valence-corrected chi connectivity index (χ4v) is 2.84. The molecule has 0 atom stereocenters. The molecule has 1 amide bonds.